The van der Waals surface area contributed by atoms with Crippen LogP contribution in [0.4, 0.5) is 0 Å². The summed E-state index contributed by atoms with van der Waals surface area (Å²) in [5.74, 6) is 0. The third kappa shape index (κ3) is 5.23. The lowest BCUT2D eigenvalue weighted by Crippen LogP contribution is -2.37. The van der Waals surface area contributed by atoms with Gasteiger partial charge < -0.3 is 10.6 Å². The van der Waals surface area contributed by atoms with Gasteiger partial charge in [-0.1, -0.05) is 6.92 Å². The minimum Gasteiger partial charge on any atom is -0.329 e. The van der Waals surface area contributed by atoms with Gasteiger partial charge in [-0.15, -0.1) is 0 Å². The van der Waals surface area contributed by atoms with E-state index in [9.17, 15) is 8.42 Å². The second-order valence-electron chi connectivity index (χ2n) is 3.32. The Kier molecular flexibility index (Phi) is 5.51. The lowest BCUT2D eigenvalue weighted by Gasteiger charge is -2.22. The maximum Gasteiger partial charge on any atom is 0.151 e. The van der Waals surface area contributed by atoms with Crippen LogP contribution >= 0.6 is 0 Å². The Morgan fingerprint density at radius 1 is 1.46 bits per heavy atom. The summed E-state index contributed by atoms with van der Waals surface area (Å²) in [7, 11) is -2.91. The molecular formula is C8H20N2O2S. The Morgan fingerprint density at radius 2 is 2.00 bits per heavy atom. The van der Waals surface area contributed by atoms with E-state index in [2.05, 4.69) is 0 Å². The fraction of sp³-hybridized carbons (Fsp3) is 1.00. The van der Waals surface area contributed by atoms with Gasteiger partial charge in [-0.05, 0) is 13.5 Å². The molecule has 0 aromatic heterocycles. The minimum absolute atomic E-state index is 0.306. The van der Waals surface area contributed by atoms with Gasteiger partial charge in [-0.3, -0.25) is 0 Å². The van der Waals surface area contributed by atoms with Crippen molar-refractivity contribution >= 4 is 9.84 Å². The van der Waals surface area contributed by atoms with Crippen LogP contribution in [-0.4, -0.2) is 51.0 Å². The van der Waals surface area contributed by atoms with E-state index in [1.807, 2.05) is 11.8 Å². The summed E-state index contributed by atoms with van der Waals surface area (Å²) in [5, 5.41) is -0.306. The van der Waals surface area contributed by atoms with Gasteiger partial charge >= 0.3 is 0 Å². The molecule has 1 atom stereocenters. The molecule has 0 spiro atoms. The van der Waals surface area contributed by atoms with Gasteiger partial charge in [-0.2, -0.15) is 0 Å². The van der Waals surface area contributed by atoms with Crippen molar-refractivity contribution in [3.8, 4) is 0 Å². The zero-order valence-corrected chi connectivity index (χ0v) is 9.47. The van der Waals surface area contributed by atoms with Crippen LogP contribution in [0.1, 0.15) is 13.8 Å². The third-order valence-corrected chi connectivity index (χ3v) is 3.75. The van der Waals surface area contributed by atoms with Crippen molar-refractivity contribution in [2.45, 2.75) is 19.1 Å². The van der Waals surface area contributed by atoms with Crippen LogP contribution < -0.4 is 5.73 Å². The lowest BCUT2D eigenvalue weighted by molar-refractivity contribution is 0.297. The van der Waals surface area contributed by atoms with Crippen LogP contribution in [0.5, 0.6) is 0 Å². The number of likely N-dealkylation sites (N-methyl/N-ethyl adjacent to an activating group) is 1. The predicted molar refractivity (Wildman–Crippen MR) is 55.5 cm³/mol. The van der Waals surface area contributed by atoms with Gasteiger partial charge in [0.1, 0.15) is 0 Å². The van der Waals surface area contributed by atoms with Crippen molar-refractivity contribution in [3.05, 3.63) is 0 Å². The van der Waals surface area contributed by atoms with Gasteiger partial charge in [0.25, 0.3) is 0 Å². The molecular weight excluding hydrogens is 188 g/mol. The molecule has 80 valence electrons. The first kappa shape index (κ1) is 12.9. The van der Waals surface area contributed by atoms with Gasteiger partial charge in [0.15, 0.2) is 9.84 Å². The van der Waals surface area contributed by atoms with Crippen LogP contribution in [0.25, 0.3) is 0 Å². The van der Waals surface area contributed by atoms with E-state index in [0.29, 0.717) is 13.1 Å². The molecule has 0 saturated heterocycles. The number of nitrogens with two attached hydrogens (primary N) is 1. The molecule has 4 nitrogen and oxygen atoms in total. The van der Waals surface area contributed by atoms with Gasteiger partial charge in [0, 0.05) is 25.9 Å². The lowest BCUT2D eigenvalue weighted by atomic mass is 10.4. The van der Waals surface area contributed by atoms with Gasteiger partial charge in [0.05, 0.1) is 5.25 Å². The van der Waals surface area contributed by atoms with E-state index in [0.717, 1.165) is 13.1 Å². The summed E-state index contributed by atoms with van der Waals surface area (Å²) in [5.41, 5.74) is 5.40. The van der Waals surface area contributed by atoms with Crippen LogP contribution in [0, 0.1) is 0 Å². The third-order valence-electron chi connectivity index (χ3n) is 2.14. The van der Waals surface area contributed by atoms with E-state index >= 15 is 0 Å². The predicted octanol–water partition coefficient (Wildman–Crippen LogP) is -0.300. The summed E-state index contributed by atoms with van der Waals surface area (Å²) in [6.45, 7) is 6.49. The molecule has 0 fully saturated rings. The number of sulfone groups is 1. The molecule has 0 amide bonds. The number of nitrogens with zero attached hydrogens (tertiary/aromatic N) is 1. The molecule has 0 aliphatic heterocycles. The topological polar surface area (TPSA) is 63.4 Å². The summed E-state index contributed by atoms with van der Waals surface area (Å²) in [4.78, 5) is 2.05. The van der Waals surface area contributed by atoms with E-state index in [-0.39, 0.29) is 5.25 Å². The summed E-state index contributed by atoms with van der Waals surface area (Å²) < 4.78 is 22.3. The van der Waals surface area contributed by atoms with Crippen molar-refractivity contribution in [3.63, 3.8) is 0 Å². The van der Waals surface area contributed by atoms with Crippen LogP contribution in [-0.2, 0) is 9.84 Å². The molecule has 5 heteroatoms. The highest BCUT2D eigenvalue weighted by Gasteiger charge is 2.17. The molecule has 1 unspecified atom stereocenters. The Hall–Kier alpha value is -0.130. The highest BCUT2D eigenvalue weighted by molar-refractivity contribution is 7.91. The zero-order chi connectivity index (χ0) is 10.5. The molecule has 0 aliphatic rings. The molecule has 0 aromatic carbocycles. The summed E-state index contributed by atoms with van der Waals surface area (Å²) in [6, 6.07) is 0. The Bertz CT molecular complexity index is 226. The number of rotatable bonds is 6. The van der Waals surface area contributed by atoms with Crippen LogP contribution in [0.2, 0.25) is 0 Å². The van der Waals surface area contributed by atoms with Crippen LogP contribution in [0.15, 0.2) is 0 Å². The molecule has 13 heavy (non-hydrogen) atoms. The first-order valence-corrected chi connectivity index (χ1v) is 6.48. The average molecular weight is 208 g/mol. The number of hydrogen-bond donors (Lipinski definition) is 1. The maximum absolute atomic E-state index is 11.1. The second kappa shape index (κ2) is 5.57. The Balaban J connectivity index is 4.09. The molecule has 0 rings (SSSR count). The minimum atomic E-state index is -2.91. The Morgan fingerprint density at radius 3 is 2.31 bits per heavy atom. The molecule has 0 bridgehead atoms. The fourth-order valence-electron chi connectivity index (χ4n) is 1.06. The normalized spacial score (nSPS) is 14.8. The standard InChI is InChI=1S/C8H20N2O2S/c1-4-10(6-5-9)7-8(2)13(3,11)12/h8H,4-7,9H2,1-3H3. The fourth-order valence-corrected chi connectivity index (χ4v) is 1.54. The first-order chi connectivity index (χ1) is 5.91. The van der Waals surface area contributed by atoms with Crippen molar-refractivity contribution in [2.75, 3.05) is 32.4 Å². The van der Waals surface area contributed by atoms with Crippen molar-refractivity contribution in [2.24, 2.45) is 5.73 Å². The summed E-state index contributed by atoms with van der Waals surface area (Å²) >= 11 is 0. The second-order valence-corrected chi connectivity index (χ2v) is 5.79. The van der Waals surface area contributed by atoms with E-state index in [1.165, 1.54) is 6.26 Å². The molecule has 0 saturated carbocycles. The van der Waals surface area contributed by atoms with E-state index in [4.69, 9.17) is 5.73 Å². The molecule has 2 N–H and O–H groups in total. The SMILES string of the molecule is CCN(CCN)CC(C)S(C)(=O)=O. The maximum atomic E-state index is 11.1. The van der Waals surface area contributed by atoms with Crippen LogP contribution in [0.3, 0.4) is 0 Å². The quantitative estimate of drug-likeness (QED) is 0.651. The monoisotopic (exact) mass is 208 g/mol. The van der Waals surface area contributed by atoms with Gasteiger partial charge in [-0.25, -0.2) is 8.42 Å². The smallest absolute Gasteiger partial charge is 0.151 e. The molecule has 0 aromatic rings. The van der Waals surface area contributed by atoms with Crippen molar-refractivity contribution < 1.29 is 8.42 Å². The van der Waals surface area contributed by atoms with Crippen molar-refractivity contribution in [1.82, 2.24) is 4.90 Å². The van der Waals surface area contributed by atoms with Gasteiger partial charge in [0.2, 0.25) is 0 Å². The summed E-state index contributed by atoms with van der Waals surface area (Å²) in [6.07, 6.45) is 1.27. The molecule has 0 heterocycles. The van der Waals surface area contributed by atoms with Crippen molar-refractivity contribution in [1.29, 1.82) is 0 Å². The largest absolute Gasteiger partial charge is 0.329 e. The molecule has 0 radical (unpaired) electrons. The average Bonchev–Trinajstić information content (AvgIpc) is 2.01. The Labute approximate surface area is 81.0 Å². The van der Waals surface area contributed by atoms with E-state index < -0.39 is 9.84 Å². The highest BCUT2D eigenvalue weighted by Crippen LogP contribution is 2.00. The van der Waals surface area contributed by atoms with E-state index in [1.54, 1.807) is 6.92 Å². The number of hydrogen-bond acceptors (Lipinski definition) is 4. The molecule has 0 aliphatic carbocycles. The first-order valence-electron chi connectivity index (χ1n) is 4.53. The highest BCUT2D eigenvalue weighted by atomic mass is 32.2. The zero-order valence-electron chi connectivity index (χ0n) is 8.66.